The smallest absolute Gasteiger partial charge is 0.422 e. The normalized spacial score (nSPS) is 17.4. The van der Waals surface area contributed by atoms with Crippen LogP contribution in [0.1, 0.15) is 66.6 Å². The van der Waals surface area contributed by atoms with Crippen molar-refractivity contribution in [2.75, 3.05) is 11.9 Å². The molecule has 2 aromatic heterocycles. The highest BCUT2D eigenvalue weighted by Crippen LogP contribution is 2.36. The van der Waals surface area contributed by atoms with Crippen LogP contribution in [0.15, 0.2) is 24.5 Å². The second-order valence-corrected chi connectivity index (χ2v) is 8.99. The number of amides is 2. The van der Waals surface area contributed by atoms with E-state index in [9.17, 15) is 22.8 Å². The summed E-state index contributed by atoms with van der Waals surface area (Å²) in [6, 6.07) is 2.56. The molecule has 182 valence electrons. The third-order valence-electron chi connectivity index (χ3n) is 6.24. The molecule has 0 spiro atoms. The van der Waals surface area contributed by atoms with Gasteiger partial charge >= 0.3 is 6.18 Å². The van der Waals surface area contributed by atoms with Crippen LogP contribution in [-0.2, 0) is 11.3 Å². The van der Waals surface area contributed by atoms with Gasteiger partial charge in [-0.2, -0.15) is 13.2 Å². The Labute approximate surface area is 199 Å². The van der Waals surface area contributed by atoms with E-state index in [0.29, 0.717) is 22.5 Å². The molecule has 1 atom stereocenters. The van der Waals surface area contributed by atoms with Gasteiger partial charge in [0.05, 0.1) is 12.6 Å². The molecule has 2 aliphatic rings. The number of ether oxygens (including phenoxy) is 1. The number of anilines is 1. The maximum Gasteiger partial charge on any atom is 0.422 e. The summed E-state index contributed by atoms with van der Waals surface area (Å²) in [6.07, 6.45) is 3.20. The Kier molecular flexibility index (Phi) is 6.97. The van der Waals surface area contributed by atoms with Crippen molar-refractivity contribution >= 4 is 29.2 Å². The first-order chi connectivity index (χ1) is 16.1. The second-order valence-electron chi connectivity index (χ2n) is 8.58. The summed E-state index contributed by atoms with van der Waals surface area (Å²) in [5.41, 5.74) is 1.61. The van der Waals surface area contributed by atoms with Crippen LogP contribution in [0.4, 0.5) is 19.0 Å². The van der Waals surface area contributed by atoms with E-state index >= 15 is 0 Å². The number of carbonyl (C=O) groups is 2. The van der Waals surface area contributed by atoms with Gasteiger partial charge in [0.1, 0.15) is 10.8 Å². The fraction of sp³-hybridized carbons (Fsp3) is 0.478. The molecular formula is C23H24ClF3N4O3. The molecule has 1 aliphatic heterocycles. The lowest BCUT2D eigenvalue weighted by Crippen LogP contribution is -2.27. The molecule has 2 aromatic rings. The molecule has 4 rings (SSSR count). The summed E-state index contributed by atoms with van der Waals surface area (Å²) < 4.78 is 41.9. The minimum absolute atomic E-state index is 0.0511. The first-order valence-electron chi connectivity index (χ1n) is 11.1. The molecule has 1 fully saturated rings. The van der Waals surface area contributed by atoms with E-state index in [2.05, 4.69) is 20.0 Å². The van der Waals surface area contributed by atoms with Gasteiger partial charge < -0.3 is 15.0 Å². The number of hydrogen-bond acceptors (Lipinski definition) is 5. The van der Waals surface area contributed by atoms with Crippen LogP contribution in [0, 0.1) is 5.92 Å². The van der Waals surface area contributed by atoms with Gasteiger partial charge in [0.2, 0.25) is 11.8 Å². The molecule has 34 heavy (non-hydrogen) atoms. The number of alkyl halides is 3. The zero-order chi connectivity index (χ0) is 24.5. The number of nitrogens with zero attached hydrogens (tertiary/aromatic N) is 3. The maximum atomic E-state index is 13.1. The molecule has 2 amide bonds. The van der Waals surface area contributed by atoms with E-state index in [-0.39, 0.29) is 35.2 Å². The minimum atomic E-state index is -4.51. The van der Waals surface area contributed by atoms with E-state index in [0.717, 1.165) is 32.1 Å². The van der Waals surface area contributed by atoms with Crippen LogP contribution >= 0.6 is 11.6 Å². The lowest BCUT2D eigenvalue weighted by atomic mass is 9.88. The zero-order valence-electron chi connectivity index (χ0n) is 18.5. The lowest BCUT2D eigenvalue weighted by molar-refractivity contribution is -0.154. The highest BCUT2D eigenvalue weighted by molar-refractivity contribution is 6.31. The number of aromatic nitrogens is 2. The third kappa shape index (κ3) is 5.27. The summed E-state index contributed by atoms with van der Waals surface area (Å²) in [7, 11) is 0. The van der Waals surface area contributed by atoms with E-state index in [1.54, 1.807) is 17.9 Å². The first-order valence-corrected chi connectivity index (χ1v) is 11.5. The van der Waals surface area contributed by atoms with Crippen molar-refractivity contribution in [1.29, 1.82) is 0 Å². The summed E-state index contributed by atoms with van der Waals surface area (Å²) in [4.78, 5) is 35.6. The number of carbonyl (C=O) groups excluding carboxylic acids is 2. The molecule has 1 unspecified atom stereocenters. The van der Waals surface area contributed by atoms with Crippen molar-refractivity contribution in [3.63, 3.8) is 0 Å². The van der Waals surface area contributed by atoms with E-state index in [1.807, 2.05) is 0 Å². The fourth-order valence-electron chi connectivity index (χ4n) is 4.36. The molecule has 1 N–H and O–H groups in total. The standard InChI is InChI=1S/C23H24ClF3N4O3/c1-13(15-9-18(24)21(29-10-15)34-12-23(25,26)27)31-11-17-16(22(31)33)7-8-28-19(17)30-20(32)14-5-3-2-4-6-14/h7-10,13-14H,2-6,11-12H2,1H3,(H,28,30,32). The first kappa shape index (κ1) is 24.3. The van der Waals surface area contributed by atoms with Gasteiger partial charge in [-0.05, 0) is 37.5 Å². The molecule has 11 heteroatoms. The summed E-state index contributed by atoms with van der Waals surface area (Å²) in [6.45, 7) is 0.478. The molecule has 0 aromatic carbocycles. The maximum absolute atomic E-state index is 13.1. The van der Waals surface area contributed by atoms with Crippen molar-refractivity contribution in [2.24, 2.45) is 5.92 Å². The number of rotatable bonds is 6. The molecular weight excluding hydrogens is 473 g/mol. The average Bonchev–Trinajstić information content (AvgIpc) is 3.15. The summed E-state index contributed by atoms with van der Waals surface area (Å²) >= 11 is 6.08. The van der Waals surface area contributed by atoms with Crippen LogP contribution < -0.4 is 10.1 Å². The van der Waals surface area contributed by atoms with Crippen molar-refractivity contribution in [2.45, 2.75) is 57.8 Å². The monoisotopic (exact) mass is 496 g/mol. The van der Waals surface area contributed by atoms with Crippen molar-refractivity contribution in [3.05, 3.63) is 46.2 Å². The Morgan fingerprint density at radius 1 is 1.29 bits per heavy atom. The third-order valence-corrected chi connectivity index (χ3v) is 6.51. The van der Waals surface area contributed by atoms with E-state index in [1.165, 1.54) is 18.5 Å². The molecule has 0 bridgehead atoms. The van der Waals surface area contributed by atoms with Crippen LogP contribution in [0.25, 0.3) is 0 Å². The van der Waals surface area contributed by atoms with Crippen molar-refractivity contribution in [3.8, 4) is 5.88 Å². The molecule has 0 saturated heterocycles. The number of pyridine rings is 2. The minimum Gasteiger partial charge on any atom is -0.467 e. The van der Waals surface area contributed by atoms with E-state index in [4.69, 9.17) is 11.6 Å². The van der Waals surface area contributed by atoms with Gasteiger partial charge in [0.15, 0.2) is 6.61 Å². The summed E-state index contributed by atoms with van der Waals surface area (Å²) in [5.74, 6) is -0.326. The Hall–Kier alpha value is -2.88. The quantitative estimate of drug-likeness (QED) is 0.586. The topological polar surface area (TPSA) is 84.4 Å². The second kappa shape index (κ2) is 9.77. The van der Waals surface area contributed by atoms with Gasteiger partial charge in [-0.1, -0.05) is 30.9 Å². The highest BCUT2D eigenvalue weighted by atomic mass is 35.5. The highest BCUT2D eigenvalue weighted by Gasteiger charge is 2.35. The van der Waals surface area contributed by atoms with Crippen LogP contribution in [0.2, 0.25) is 5.02 Å². The number of halogens is 4. The Morgan fingerprint density at radius 2 is 2.03 bits per heavy atom. The Balaban J connectivity index is 1.49. The molecule has 0 radical (unpaired) electrons. The zero-order valence-corrected chi connectivity index (χ0v) is 19.2. The van der Waals surface area contributed by atoms with Gasteiger partial charge in [-0.15, -0.1) is 0 Å². The molecule has 7 nitrogen and oxygen atoms in total. The lowest BCUT2D eigenvalue weighted by Gasteiger charge is -2.25. The van der Waals surface area contributed by atoms with Crippen molar-refractivity contribution in [1.82, 2.24) is 14.9 Å². The fourth-order valence-corrected chi connectivity index (χ4v) is 4.59. The van der Waals surface area contributed by atoms with Crippen LogP contribution in [-0.4, -0.2) is 39.5 Å². The van der Waals surface area contributed by atoms with Gasteiger partial charge in [0, 0.05) is 29.4 Å². The molecule has 3 heterocycles. The van der Waals surface area contributed by atoms with E-state index < -0.39 is 18.8 Å². The predicted molar refractivity (Wildman–Crippen MR) is 119 cm³/mol. The number of fused-ring (bicyclic) bond motifs is 1. The SMILES string of the molecule is CC(c1cnc(OCC(F)(F)F)c(Cl)c1)N1Cc2c(ccnc2NC(=O)C2CCCCC2)C1=O. The Bertz CT molecular complexity index is 1090. The van der Waals surface area contributed by atoms with Gasteiger partial charge in [0.25, 0.3) is 5.91 Å². The molecule has 1 aliphatic carbocycles. The Morgan fingerprint density at radius 3 is 2.71 bits per heavy atom. The molecule has 1 saturated carbocycles. The van der Waals surface area contributed by atoms with Crippen molar-refractivity contribution < 1.29 is 27.5 Å². The van der Waals surface area contributed by atoms with Gasteiger partial charge in [-0.3, -0.25) is 9.59 Å². The average molecular weight is 497 g/mol. The largest absolute Gasteiger partial charge is 0.467 e. The van der Waals surface area contributed by atoms with Gasteiger partial charge in [-0.25, -0.2) is 9.97 Å². The number of hydrogen-bond donors (Lipinski definition) is 1. The van der Waals surface area contributed by atoms with Crippen LogP contribution in [0.5, 0.6) is 5.88 Å². The number of nitrogens with one attached hydrogen (secondary N) is 1. The van der Waals surface area contributed by atoms with Crippen LogP contribution in [0.3, 0.4) is 0 Å². The predicted octanol–water partition coefficient (Wildman–Crippen LogP) is 5.31. The summed E-state index contributed by atoms with van der Waals surface area (Å²) in [5, 5.41) is 2.82.